The molecule has 4 nitrogen and oxygen atoms in total. The maximum absolute atomic E-state index is 12.6. The summed E-state index contributed by atoms with van der Waals surface area (Å²) in [6.45, 7) is 10.5. The van der Waals surface area contributed by atoms with Gasteiger partial charge >= 0.3 is 5.97 Å². The molecule has 1 aromatic carbocycles. The Morgan fingerprint density at radius 3 is 2.27 bits per heavy atom. The summed E-state index contributed by atoms with van der Waals surface area (Å²) in [6, 6.07) is 9.97. The number of aromatic nitrogens is 1. The first-order valence-electron chi connectivity index (χ1n) is 9.01. The van der Waals surface area contributed by atoms with Gasteiger partial charge in [-0.2, -0.15) is 0 Å². The molecule has 0 amide bonds. The molecule has 2 aromatic rings. The van der Waals surface area contributed by atoms with Crippen LogP contribution in [0.25, 0.3) is 11.1 Å². The summed E-state index contributed by atoms with van der Waals surface area (Å²) in [5.74, 6) is 0.149. The van der Waals surface area contributed by atoms with E-state index in [1.54, 1.807) is 0 Å². The Bertz CT molecular complexity index is 815. The Labute approximate surface area is 155 Å². The standard InChI is InChI=1S/C22H26N2O2/c1-14(2)10-18-12-19(17-8-6-16(5)7-9-17)21(22(25)26-13-23)20(24-18)11-15(3)4/h6-9,12,14-15H,10-11H2,1-5H3. The summed E-state index contributed by atoms with van der Waals surface area (Å²) < 4.78 is 4.68. The molecule has 0 atom stereocenters. The normalized spacial score (nSPS) is 10.8. The van der Waals surface area contributed by atoms with E-state index < -0.39 is 5.97 Å². The lowest BCUT2D eigenvalue weighted by molar-refractivity contribution is 0.0684. The second kappa shape index (κ2) is 8.62. The number of benzene rings is 1. The van der Waals surface area contributed by atoms with Crippen molar-refractivity contribution in [3.8, 4) is 17.4 Å². The lowest BCUT2D eigenvalue weighted by Gasteiger charge is -2.17. The van der Waals surface area contributed by atoms with Gasteiger partial charge in [-0.05, 0) is 48.8 Å². The molecule has 1 aromatic heterocycles. The third-order valence-corrected chi connectivity index (χ3v) is 4.07. The molecule has 4 heteroatoms. The van der Waals surface area contributed by atoms with Gasteiger partial charge in [0.15, 0.2) is 0 Å². The molecule has 0 saturated carbocycles. The topological polar surface area (TPSA) is 63.0 Å². The largest absolute Gasteiger partial charge is 0.355 e. The molecule has 0 aliphatic carbocycles. The number of nitriles is 1. The van der Waals surface area contributed by atoms with Crippen molar-refractivity contribution < 1.29 is 9.53 Å². The highest BCUT2D eigenvalue weighted by molar-refractivity contribution is 5.99. The van der Waals surface area contributed by atoms with Crippen LogP contribution in [0.5, 0.6) is 0 Å². The van der Waals surface area contributed by atoms with Crippen molar-refractivity contribution in [2.45, 2.75) is 47.5 Å². The Hall–Kier alpha value is -2.67. The van der Waals surface area contributed by atoms with Crippen LogP contribution in [0.3, 0.4) is 0 Å². The van der Waals surface area contributed by atoms with Gasteiger partial charge in [-0.3, -0.25) is 4.98 Å². The first kappa shape index (κ1) is 19.7. The van der Waals surface area contributed by atoms with Gasteiger partial charge in [0.1, 0.15) is 0 Å². The van der Waals surface area contributed by atoms with Crippen LogP contribution in [-0.4, -0.2) is 11.0 Å². The van der Waals surface area contributed by atoms with E-state index >= 15 is 0 Å². The van der Waals surface area contributed by atoms with Crippen molar-refractivity contribution >= 4 is 5.97 Å². The number of aryl methyl sites for hydroxylation is 1. The van der Waals surface area contributed by atoms with Gasteiger partial charge in [0, 0.05) is 5.69 Å². The van der Waals surface area contributed by atoms with Gasteiger partial charge in [0.05, 0.1) is 11.3 Å². The maximum atomic E-state index is 12.6. The van der Waals surface area contributed by atoms with E-state index in [4.69, 9.17) is 10.2 Å². The number of hydrogen-bond acceptors (Lipinski definition) is 4. The number of hydrogen-bond donors (Lipinski definition) is 0. The highest BCUT2D eigenvalue weighted by Gasteiger charge is 2.23. The molecule has 0 aliphatic rings. The first-order valence-corrected chi connectivity index (χ1v) is 9.01. The molecular formula is C22H26N2O2. The van der Waals surface area contributed by atoms with Crippen LogP contribution in [-0.2, 0) is 17.6 Å². The van der Waals surface area contributed by atoms with E-state index in [9.17, 15) is 4.79 Å². The quantitative estimate of drug-likeness (QED) is 0.537. The van der Waals surface area contributed by atoms with Crippen molar-refractivity contribution in [2.75, 3.05) is 0 Å². The monoisotopic (exact) mass is 350 g/mol. The van der Waals surface area contributed by atoms with E-state index in [0.717, 1.165) is 28.8 Å². The van der Waals surface area contributed by atoms with Crippen LogP contribution in [0.1, 0.15) is 55.0 Å². The zero-order valence-corrected chi connectivity index (χ0v) is 16.2. The summed E-state index contributed by atoms with van der Waals surface area (Å²) in [4.78, 5) is 17.3. The van der Waals surface area contributed by atoms with E-state index in [0.29, 0.717) is 29.5 Å². The number of ether oxygens (including phenoxy) is 1. The molecule has 0 unspecified atom stereocenters. The zero-order chi connectivity index (χ0) is 19.3. The second-order valence-electron chi connectivity index (χ2n) is 7.53. The summed E-state index contributed by atoms with van der Waals surface area (Å²) in [6.07, 6.45) is 2.99. The van der Waals surface area contributed by atoms with Crippen LogP contribution < -0.4 is 0 Å². The molecule has 0 aliphatic heterocycles. The molecule has 136 valence electrons. The van der Waals surface area contributed by atoms with Crippen LogP contribution >= 0.6 is 0 Å². The van der Waals surface area contributed by atoms with Crippen LogP contribution in [0.4, 0.5) is 0 Å². The highest BCUT2D eigenvalue weighted by atomic mass is 16.5. The molecule has 2 rings (SSSR count). The number of nitrogens with zero attached hydrogens (tertiary/aromatic N) is 2. The number of carbonyl (C=O) groups is 1. The Kier molecular flexibility index (Phi) is 6.52. The van der Waals surface area contributed by atoms with Gasteiger partial charge in [0.2, 0.25) is 0 Å². The van der Waals surface area contributed by atoms with Gasteiger partial charge in [0.25, 0.3) is 6.26 Å². The lowest BCUT2D eigenvalue weighted by Crippen LogP contribution is -2.14. The van der Waals surface area contributed by atoms with E-state index in [2.05, 4.69) is 32.4 Å². The predicted molar refractivity (Wildman–Crippen MR) is 103 cm³/mol. The van der Waals surface area contributed by atoms with Crippen molar-refractivity contribution in [2.24, 2.45) is 11.8 Å². The van der Waals surface area contributed by atoms with Crippen LogP contribution in [0.15, 0.2) is 30.3 Å². The van der Waals surface area contributed by atoms with Gasteiger partial charge in [-0.15, -0.1) is 5.26 Å². The average Bonchev–Trinajstić information content (AvgIpc) is 2.54. The Balaban J connectivity index is 2.72. The molecular weight excluding hydrogens is 324 g/mol. The summed E-state index contributed by atoms with van der Waals surface area (Å²) in [5, 5.41) is 8.83. The Morgan fingerprint density at radius 1 is 1.12 bits per heavy atom. The molecule has 0 bridgehead atoms. The minimum Gasteiger partial charge on any atom is -0.347 e. The molecule has 0 N–H and O–H groups in total. The fourth-order valence-corrected chi connectivity index (χ4v) is 2.99. The first-order chi connectivity index (χ1) is 12.3. The minimum atomic E-state index is -0.637. The van der Waals surface area contributed by atoms with Gasteiger partial charge < -0.3 is 4.74 Å². The van der Waals surface area contributed by atoms with E-state index in [-0.39, 0.29) is 0 Å². The molecule has 1 heterocycles. The Morgan fingerprint density at radius 2 is 1.73 bits per heavy atom. The highest BCUT2D eigenvalue weighted by Crippen LogP contribution is 2.30. The summed E-state index contributed by atoms with van der Waals surface area (Å²) in [7, 11) is 0. The second-order valence-corrected chi connectivity index (χ2v) is 7.53. The van der Waals surface area contributed by atoms with Crippen LogP contribution in [0.2, 0.25) is 0 Å². The number of rotatable bonds is 6. The SMILES string of the molecule is Cc1ccc(-c2cc(CC(C)C)nc(CC(C)C)c2C(=O)OC#N)cc1. The van der Waals surface area contributed by atoms with E-state index in [1.165, 1.54) is 6.26 Å². The number of carbonyl (C=O) groups excluding carboxylic acids is 1. The average molecular weight is 350 g/mol. The summed E-state index contributed by atoms with van der Waals surface area (Å²) >= 11 is 0. The van der Waals surface area contributed by atoms with Crippen LogP contribution in [0, 0.1) is 30.3 Å². The van der Waals surface area contributed by atoms with E-state index in [1.807, 2.05) is 37.3 Å². The lowest BCUT2D eigenvalue weighted by atomic mass is 9.92. The smallest absolute Gasteiger partial charge is 0.347 e. The molecule has 0 fully saturated rings. The third kappa shape index (κ3) is 4.92. The molecule has 26 heavy (non-hydrogen) atoms. The molecule has 0 spiro atoms. The zero-order valence-electron chi connectivity index (χ0n) is 16.2. The number of pyridine rings is 1. The van der Waals surface area contributed by atoms with Crippen molar-refractivity contribution in [3.05, 3.63) is 52.8 Å². The van der Waals surface area contributed by atoms with Crippen molar-refractivity contribution in [1.29, 1.82) is 5.26 Å². The fraction of sp³-hybridized carbons (Fsp3) is 0.409. The van der Waals surface area contributed by atoms with Gasteiger partial charge in [-0.25, -0.2) is 4.79 Å². The maximum Gasteiger partial charge on any atom is 0.355 e. The summed E-state index contributed by atoms with van der Waals surface area (Å²) in [5.41, 5.74) is 4.92. The van der Waals surface area contributed by atoms with Gasteiger partial charge in [-0.1, -0.05) is 57.5 Å². The third-order valence-electron chi connectivity index (χ3n) is 4.07. The predicted octanol–water partition coefficient (Wildman–Crippen LogP) is 5.09. The minimum absolute atomic E-state index is 0.330. The van der Waals surface area contributed by atoms with Crippen molar-refractivity contribution in [3.63, 3.8) is 0 Å². The fourth-order valence-electron chi connectivity index (χ4n) is 2.99. The number of esters is 1. The van der Waals surface area contributed by atoms with Crippen molar-refractivity contribution in [1.82, 2.24) is 4.98 Å². The molecule has 0 saturated heterocycles. The molecule has 0 radical (unpaired) electrons.